The Labute approximate surface area is 99.2 Å². The molecule has 1 aromatic rings. The van der Waals surface area contributed by atoms with Crippen molar-refractivity contribution in [3.63, 3.8) is 0 Å². The van der Waals surface area contributed by atoms with E-state index in [2.05, 4.69) is 5.32 Å². The minimum atomic E-state index is -1.06. The molecule has 0 radical (unpaired) electrons. The van der Waals surface area contributed by atoms with Gasteiger partial charge in [-0.15, -0.1) is 0 Å². The lowest BCUT2D eigenvalue weighted by Gasteiger charge is -2.19. The second-order valence-corrected chi connectivity index (χ2v) is 4.03. The third-order valence-electron chi connectivity index (χ3n) is 2.58. The van der Waals surface area contributed by atoms with E-state index in [1.54, 1.807) is 6.92 Å². The summed E-state index contributed by atoms with van der Waals surface area (Å²) in [6.07, 6.45) is 0. The number of benzene rings is 1. The molecule has 0 aliphatic carbocycles. The fourth-order valence-electron chi connectivity index (χ4n) is 1.57. The fourth-order valence-corrected chi connectivity index (χ4v) is 1.95. The van der Waals surface area contributed by atoms with Crippen molar-refractivity contribution in [1.29, 1.82) is 0 Å². The summed E-state index contributed by atoms with van der Waals surface area (Å²) in [5.74, 6) is -0.203. The van der Waals surface area contributed by atoms with Gasteiger partial charge < -0.3 is 10.1 Å². The topological polar surface area (TPSA) is 41.6 Å². The maximum atomic E-state index is 12.1. The van der Waals surface area contributed by atoms with Crippen LogP contribution in [0.4, 0.5) is 5.69 Å². The van der Waals surface area contributed by atoms with E-state index in [0.717, 1.165) is 5.69 Å². The zero-order valence-electron chi connectivity index (χ0n) is 9.06. The number of anilines is 1. The van der Waals surface area contributed by atoms with Gasteiger partial charge in [0.2, 0.25) is 5.72 Å². The zero-order valence-corrected chi connectivity index (χ0v) is 9.88. The summed E-state index contributed by atoms with van der Waals surface area (Å²) in [6.45, 7) is 1.66. The lowest BCUT2D eigenvalue weighted by molar-refractivity contribution is -0.136. The van der Waals surface area contributed by atoms with Gasteiger partial charge in [0, 0.05) is 7.11 Å². The first-order valence-electron chi connectivity index (χ1n) is 4.85. The van der Waals surface area contributed by atoms with Crippen LogP contribution in [0.1, 0.15) is 6.92 Å². The van der Waals surface area contributed by atoms with Crippen LogP contribution in [0.2, 0.25) is 0 Å². The molecule has 1 N–H and O–H groups in total. The molecule has 1 heterocycles. The van der Waals surface area contributed by atoms with Gasteiger partial charge in [0.1, 0.15) is 0 Å². The second-order valence-electron chi connectivity index (χ2n) is 3.64. The third kappa shape index (κ3) is 1.58. The Bertz CT molecular complexity index is 435. The summed E-state index contributed by atoms with van der Waals surface area (Å²) in [4.78, 5) is 13.6. The van der Waals surface area contributed by atoms with Crippen molar-refractivity contribution in [3.05, 3.63) is 30.3 Å². The van der Waals surface area contributed by atoms with Gasteiger partial charge in [-0.3, -0.25) is 9.69 Å². The molecule has 0 aromatic heterocycles. The Morgan fingerprint density at radius 2 is 2.00 bits per heavy atom. The van der Waals surface area contributed by atoms with Gasteiger partial charge in [0.15, 0.2) is 5.11 Å². The minimum absolute atomic E-state index is 0.203. The van der Waals surface area contributed by atoms with Crippen molar-refractivity contribution < 1.29 is 9.53 Å². The highest BCUT2D eigenvalue weighted by atomic mass is 32.1. The van der Waals surface area contributed by atoms with Gasteiger partial charge in [-0.1, -0.05) is 18.2 Å². The molecule has 0 saturated carbocycles. The lowest BCUT2D eigenvalue weighted by atomic mass is 10.2. The Hall–Kier alpha value is -1.46. The highest BCUT2D eigenvalue weighted by Gasteiger charge is 2.46. The molecule has 84 valence electrons. The van der Waals surface area contributed by atoms with Crippen LogP contribution in [-0.4, -0.2) is 23.9 Å². The van der Waals surface area contributed by atoms with E-state index in [1.165, 1.54) is 12.0 Å². The van der Waals surface area contributed by atoms with Crippen LogP contribution in [0.15, 0.2) is 30.3 Å². The van der Waals surface area contributed by atoms with Crippen molar-refractivity contribution >= 4 is 28.9 Å². The Kier molecular flexibility index (Phi) is 2.65. The van der Waals surface area contributed by atoms with E-state index in [0.29, 0.717) is 5.11 Å². The van der Waals surface area contributed by atoms with Crippen LogP contribution < -0.4 is 10.2 Å². The van der Waals surface area contributed by atoms with E-state index in [9.17, 15) is 4.79 Å². The number of thiocarbonyl (C=S) groups is 1. The fraction of sp³-hybridized carbons (Fsp3) is 0.273. The van der Waals surface area contributed by atoms with E-state index in [1.807, 2.05) is 30.3 Å². The number of nitrogens with zero attached hydrogens (tertiary/aromatic N) is 1. The Morgan fingerprint density at radius 3 is 2.50 bits per heavy atom. The molecule has 1 amide bonds. The van der Waals surface area contributed by atoms with Crippen LogP contribution in [0, 0.1) is 0 Å². The van der Waals surface area contributed by atoms with Gasteiger partial charge in [-0.25, -0.2) is 0 Å². The number of carbonyl (C=O) groups is 1. The summed E-state index contributed by atoms with van der Waals surface area (Å²) in [6, 6.07) is 9.25. The Morgan fingerprint density at radius 1 is 1.38 bits per heavy atom. The number of para-hydroxylation sites is 1. The number of rotatable bonds is 2. The van der Waals surface area contributed by atoms with E-state index >= 15 is 0 Å². The quantitative estimate of drug-likeness (QED) is 0.785. The molecule has 1 fully saturated rings. The second kappa shape index (κ2) is 3.84. The van der Waals surface area contributed by atoms with Gasteiger partial charge in [0.05, 0.1) is 5.69 Å². The van der Waals surface area contributed by atoms with Crippen molar-refractivity contribution in [2.75, 3.05) is 12.0 Å². The molecule has 16 heavy (non-hydrogen) atoms. The van der Waals surface area contributed by atoms with Crippen LogP contribution >= 0.6 is 12.2 Å². The van der Waals surface area contributed by atoms with Crippen LogP contribution in [0.5, 0.6) is 0 Å². The molecule has 1 atom stereocenters. The van der Waals surface area contributed by atoms with E-state index in [-0.39, 0.29) is 5.91 Å². The van der Waals surface area contributed by atoms with Crippen molar-refractivity contribution in [1.82, 2.24) is 5.32 Å². The predicted octanol–water partition coefficient (Wildman–Crippen LogP) is 1.27. The first-order chi connectivity index (χ1) is 7.58. The largest absolute Gasteiger partial charge is 0.351 e. The maximum absolute atomic E-state index is 12.1. The first kappa shape index (κ1) is 11.0. The Balaban J connectivity index is 2.38. The molecule has 1 aromatic carbocycles. The van der Waals surface area contributed by atoms with Crippen molar-refractivity contribution in [3.8, 4) is 0 Å². The number of ether oxygens (including phenoxy) is 1. The molecule has 1 aliphatic rings. The summed E-state index contributed by atoms with van der Waals surface area (Å²) >= 11 is 5.13. The summed E-state index contributed by atoms with van der Waals surface area (Å²) in [7, 11) is 1.47. The van der Waals surface area contributed by atoms with Crippen LogP contribution in [-0.2, 0) is 9.53 Å². The summed E-state index contributed by atoms with van der Waals surface area (Å²) < 4.78 is 5.14. The molecule has 0 spiro atoms. The molecule has 0 unspecified atom stereocenters. The van der Waals surface area contributed by atoms with Gasteiger partial charge in [-0.05, 0) is 31.3 Å². The standard InChI is InChI=1S/C11H12N2O2S/c1-11(15-2)9(14)13(10(16)12-11)8-6-4-3-5-7-8/h3-7H,1-2H3,(H,12,16)/t11-/m1/s1. The monoisotopic (exact) mass is 236 g/mol. The van der Waals surface area contributed by atoms with Crippen LogP contribution in [0.25, 0.3) is 0 Å². The lowest BCUT2D eigenvalue weighted by Crippen LogP contribution is -2.45. The van der Waals surface area contributed by atoms with E-state index < -0.39 is 5.72 Å². The summed E-state index contributed by atoms with van der Waals surface area (Å²) in [5, 5.41) is 3.23. The predicted molar refractivity (Wildman–Crippen MR) is 65.1 cm³/mol. The average Bonchev–Trinajstić information content (AvgIpc) is 2.52. The van der Waals surface area contributed by atoms with Crippen LogP contribution in [0.3, 0.4) is 0 Å². The van der Waals surface area contributed by atoms with Gasteiger partial charge >= 0.3 is 0 Å². The van der Waals surface area contributed by atoms with Crippen molar-refractivity contribution in [2.45, 2.75) is 12.6 Å². The number of hydrogen-bond acceptors (Lipinski definition) is 3. The smallest absolute Gasteiger partial charge is 0.286 e. The first-order valence-corrected chi connectivity index (χ1v) is 5.26. The molecule has 1 aliphatic heterocycles. The van der Waals surface area contributed by atoms with Gasteiger partial charge in [0.25, 0.3) is 5.91 Å². The van der Waals surface area contributed by atoms with Crippen molar-refractivity contribution in [2.24, 2.45) is 0 Å². The van der Waals surface area contributed by atoms with Gasteiger partial charge in [-0.2, -0.15) is 0 Å². The highest BCUT2D eigenvalue weighted by molar-refractivity contribution is 7.80. The third-order valence-corrected chi connectivity index (χ3v) is 2.87. The molecule has 2 rings (SSSR count). The maximum Gasteiger partial charge on any atom is 0.286 e. The number of carbonyl (C=O) groups excluding carboxylic acids is 1. The molecular formula is C11H12N2O2S. The normalized spacial score (nSPS) is 24.8. The van der Waals surface area contributed by atoms with E-state index in [4.69, 9.17) is 17.0 Å². The number of nitrogens with one attached hydrogen (secondary N) is 1. The number of amides is 1. The molecule has 5 heteroatoms. The molecule has 0 bridgehead atoms. The molecular weight excluding hydrogens is 224 g/mol. The molecule has 4 nitrogen and oxygen atoms in total. The number of methoxy groups -OCH3 is 1. The minimum Gasteiger partial charge on any atom is -0.351 e. The summed E-state index contributed by atoms with van der Waals surface area (Å²) in [5.41, 5.74) is -0.321. The SMILES string of the molecule is CO[C@@]1(C)NC(=S)N(c2ccccc2)C1=O. The average molecular weight is 236 g/mol. The zero-order chi connectivity index (χ0) is 11.8. The highest BCUT2D eigenvalue weighted by Crippen LogP contribution is 2.24. The molecule has 1 saturated heterocycles. The number of hydrogen-bond donors (Lipinski definition) is 1.